The minimum absolute atomic E-state index is 0.0319. The largest absolute Gasteiger partial charge is 0.437 e. The second kappa shape index (κ2) is 10.3. The van der Waals surface area contributed by atoms with E-state index >= 15 is 0 Å². The molecule has 0 atom stereocenters. The summed E-state index contributed by atoms with van der Waals surface area (Å²) in [7, 11) is 1.81. The maximum Gasteiger partial charge on any atom is 0.347 e. The van der Waals surface area contributed by atoms with Crippen molar-refractivity contribution in [3.63, 3.8) is 0 Å². The molecule has 40 heavy (non-hydrogen) atoms. The first-order valence-electron chi connectivity index (χ1n) is 12.6. The van der Waals surface area contributed by atoms with Gasteiger partial charge in [-0.3, -0.25) is 9.69 Å². The van der Waals surface area contributed by atoms with E-state index in [9.17, 15) is 9.59 Å². The van der Waals surface area contributed by atoms with Gasteiger partial charge in [-0.05, 0) is 51.5 Å². The van der Waals surface area contributed by atoms with Crippen LogP contribution >= 0.6 is 0 Å². The first-order chi connectivity index (χ1) is 19.0. The fraction of sp³-hybridized carbons (Fsp3) is 0.321. The van der Waals surface area contributed by atoms with Gasteiger partial charge in [-0.1, -0.05) is 0 Å². The Morgan fingerprint density at radius 2 is 1.90 bits per heavy atom. The van der Waals surface area contributed by atoms with Crippen molar-refractivity contribution >= 4 is 34.6 Å². The lowest BCUT2D eigenvalue weighted by atomic mass is 9.92. The van der Waals surface area contributed by atoms with Crippen LogP contribution in [0.2, 0.25) is 0 Å². The first kappa shape index (κ1) is 26.7. The van der Waals surface area contributed by atoms with Crippen molar-refractivity contribution in [2.45, 2.75) is 33.2 Å². The van der Waals surface area contributed by atoms with Crippen molar-refractivity contribution in [1.29, 1.82) is 5.26 Å². The van der Waals surface area contributed by atoms with E-state index < -0.39 is 11.9 Å². The summed E-state index contributed by atoms with van der Waals surface area (Å²) in [5.41, 5.74) is 2.89. The van der Waals surface area contributed by atoms with E-state index in [0.717, 1.165) is 5.56 Å². The van der Waals surface area contributed by atoms with Crippen LogP contribution in [0.3, 0.4) is 0 Å². The summed E-state index contributed by atoms with van der Waals surface area (Å²) >= 11 is 0. The van der Waals surface area contributed by atoms with Crippen molar-refractivity contribution in [2.24, 2.45) is 13.0 Å². The van der Waals surface area contributed by atoms with Gasteiger partial charge in [-0.2, -0.15) is 10.2 Å². The van der Waals surface area contributed by atoms with Gasteiger partial charge in [0.2, 0.25) is 5.88 Å². The highest BCUT2D eigenvalue weighted by Gasteiger charge is 2.40. The summed E-state index contributed by atoms with van der Waals surface area (Å²) in [6.07, 6.45) is 4.46. The van der Waals surface area contributed by atoms with Gasteiger partial charge in [0.1, 0.15) is 23.1 Å². The number of rotatable bonds is 6. The highest BCUT2D eigenvalue weighted by Crippen LogP contribution is 2.31. The molecule has 4 aromatic rings. The molecule has 5 rings (SSSR count). The Labute approximate surface area is 230 Å². The second-order valence-corrected chi connectivity index (χ2v) is 10.6. The molecular weight excluding hydrogens is 512 g/mol. The summed E-state index contributed by atoms with van der Waals surface area (Å²) in [6, 6.07) is 8.45. The van der Waals surface area contributed by atoms with Crippen LogP contribution in [0.15, 0.2) is 43.0 Å². The number of nitriles is 1. The van der Waals surface area contributed by atoms with E-state index in [2.05, 4.69) is 50.9 Å². The Bertz CT molecular complexity index is 1640. The standard InChI is InChI=1S/C28H28N8O4/c1-16-8-19(10-29)30-12-21(16)39-23-9-20(24-25(34-23)35(5)15-32-24)33-22-7-6-17(11-31-22)26(37)40-27(38)18-13-36(14-18)28(2,3)4/h6-9,11-12,15,18H,13-14H2,1-5H3,(H,31,33,34). The maximum absolute atomic E-state index is 12.5. The Kier molecular flexibility index (Phi) is 6.91. The lowest BCUT2D eigenvalue weighted by Gasteiger charge is -2.46. The minimum Gasteiger partial charge on any atom is -0.437 e. The molecule has 0 bridgehead atoms. The number of esters is 2. The van der Waals surface area contributed by atoms with E-state index in [-0.39, 0.29) is 22.9 Å². The number of carbonyl (C=O) groups excluding carboxylic acids is 2. The number of nitrogens with zero attached hydrogens (tertiary/aromatic N) is 7. The molecule has 5 heterocycles. The molecule has 1 aliphatic heterocycles. The molecule has 0 saturated carbocycles. The molecular formula is C28H28N8O4. The van der Waals surface area contributed by atoms with E-state index in [4.69, 9.17) is 14.7 Å². The van der Waals surface area contributed by atoms with Crippen LogP contribution in [0.5, 0.6) is 11.6 Å². The number of ether oxygens (including phenoxy) is 2. The van der Waals surface area contributed by atoms with Crippen LogP contribution in [0.1, 0.15) is 42.4 Å². The summed E-state index contributed by atoms with van der Waals surface area (Å²) in [5, 5.41) is 12.3. The summed E-state index contributed by atoms with van der Waals surface area (Å²) < 4.78 is 12.8. The zero-order valence-corrected chi connectivity index (χ0v) is 22.8. The van der Waals surface area contributed by atoms with Gasteiger partial charge in [0, 0.05) is 37.9 Å². The van der Waals surface area contributed by atoms with Crippen molar-refractivity contribution < 1.29 is 19.1 Å². The molecule has 4 aromatic heterocycles. The fourth-order valence-electron chi connectivity index (χ4n) is 4.18. The third kappa shape index (κ3) is 5.45. The van der Waals surface area contributed by atoms with E-state index in [1.165, 1.54) is 18.5 Å². The summed E-state index contributed by atoms with van der Waals surface area (Å²) in [5.74, 6) is -0.401. The van der Waals surface area contributed by atoms with Gasteiger partial charge in [-0.25, -0.2) is 19.7 Å². The number of carbonyl (C=O) groups is 2. The predicted molar refractivity (Wildman–Crippen MR) is 145 cm³/mol. The Morgan fingerprint density at radius 3 is 2.55 bits per heavy atom. The molecule has 12 heteroatoms. The monoisotopic (exact) mass is 540 g/mol. The summed E-state index contributed by atoms with van der Waals surface area (Å²) in [4.78, 5) is 44.4. The number of hydrogen-bond acceptors (Lipinski definition) is 11. The second-order valence-electron chi connectivity index (χ2n) is 10.6. The topological polar surface area (TPSA) is 148 Å². The molecule has 1 saturated heterocycles. The van der Waals surface area contributed by atoms with Crippen molar-refractivity contribution in [2.75, 3.05) is 18.4 Å². The minimum atomic E-state index is -0.739. The number of pyridine rings is 3. The SMILES string of the molecule is Cc1cc(C#N)ncc1Oc1cc(Nc2ccc(C(=O)OC(=O)C3CN(C(C)(C)C)C3)cn2)c2ncn(C)c2n1. The van der Waals surface area contributed by atoms with Gasteiger partial charge < -0.3 is 19.4 Å². The molecule has 12 nitrogen and oxygen atoms in total. The van der Waals surface area contributed by atoms with Crippen LogP contribution in [-0.4, -0.2) is 60.0 Å². The van der Waals surface area contributed by atoms with E-state index in [0.29, 0.717) is 47.2 Å². The third-order valence-corrected chi connectivity index (χ3v) is 6.66. The normalized spacial score (nSPS) is 13.9. The van der Waals surface area contributed by atoms with Gasteiger partial charge in [-0.15, -0.1) is 0 Å². The third-order valence-electron chi connectivity index (χ3n) is 6.66. The molecule has 0 aromatic carbocycles. The lowest BCUT2D eigenvalue weighted by molar-refractivity contribution is -0.150. The Morgan fingerprint density at radius 1 is 1.12 bits per heavy atom. The fourth-order valence-corrected chi connectivity index (χ4v) is 4.18. The molecule has 0 unspecified atom stereocenters. The van der Waals surface area contributed by atoms with Crippen molar-refractivity contribution in [3.05, 3.63) is 59.8 Å². The van der Waals surface area contributed by atoms with Gasteiger partial charge in [0.05, 0.1) is 29.7 Å². The number of nitrogens with one attached hydrogen (secondary N) is 1. The lowest BCUT2D eigenvalue weighted by Crippen LogP contribution is -2.58. The number of hydrogen-bond donors (Lipinski definition) is 1. The quantitative estimate of drug-likeness (QED) is 0.280. The molecule has 0 spiro atoms. The van der Waals surface area contributed by atoms with E-state index in [1.807, 2.05) is 20.0 Å². The predicted octanol–water partition coefficient (Wildman–Crippen LogP) is 3.89. The van der Waals surface area contributed by atoms with Crippen molar-refractivity contribution in [1.82, 2.24) is 29.4 Å². The molecule has 204 valence electrons. The maximum atomic E-state index is 12.5. The molecule has 0 amide bonds. The Balaban J connectivity index is 1.29. The highest BCUT2D eigenvalue weighted by molar-refractivity contribution is 5.97. The van der Waals surface area contributed by atoms with Gasteiger partial charge in [0.25, 0.3) is 0 Å². The van der Waals surface area contributed by atoms with Gasteiger partial charge in [0.15, 0.2) is 11.4 Å². The van der Waals surface area contributed by atoms with Crippen LogP contribution < -0.4 is 10.1 Å². The summed E-state index contributed by atoms with van der Waals surface area (Å²) in [6.45, 7) is 9.18. The first-order valence-corrected chi connectivity index (χ1v) is 12.6. The number of imidazole rings is 1. The number of fused-ring (bicyclic) bond motifs is 1. The molecule has 0 radical (unpaired) electrons. The number of anilines is 2. The molecule has 0 aliphatic carbocycles. The average molecular weight is 541 g/mol. The van der Waals surface area contributed by atoms with E-state index in [1.54, 1.807) is 29.1 Å². The smallest absolute Gasteiger partial charge is 0.347 e. The van der Waals surface area contributed by atoms with Crippen LogP contribution in [0, 0.1) is 24.2 Å². The van der Waals surface area contributed by atoms with Crippen LogP contribution in [0.4, 0.5) is 11.5 Å². The van der Waals surface area contributed by atoms with Gasteiger partial charge >= 0.3 is 11.9 Å². The number of likely N-dealkylation sites (tertiary alicyclic amines) is 1. The van der Waals surface area contributed by atoms with Crippen LogP contribution in [-0.2, 0) is 16.6 Å². The zero-order chi connectivity index (χ0) is 28.6. The van der Waals surface area contributed by atoms with Crippen molar-refractivity contribution in [3.8, 4) is 17.7 Å². The number of aryl methyl sites for hydroxylation is 2. The molecule has 1 fully saturated rings. The van der Waals surface area contributed by atoms with Crippen LogP contribution in [0.25, 0.3) is 11.2 Å². The molecule has 1 N–H and O–H groups in total. The average Bonchev–Trinajstić information content (AvgIpc) is 3.24. The zero-order valence-electron chi connectivity index (χ0n) is 22.8. The Hall–Kier alpha value is -4.89. The number of aromatic nitrogens is 5. The highest BCUT2D eigenvalue weighted by atomic mass is 16.6. The molecule has 1 aliphatic rings.